The first-order chi connectivity index (χ1) is 6.07. The molecule has 1 aromatic heterocycles. The maximum Gasteiger partial charge on any atom is 0.0948 e. The first-order valence-electron chi connectivity index (χ1n) is 5.06. The van der Waals surface area contributed by atoms with Crippen LogP contribution in [0.4, 0.5) is 0 Å². The molecule has 0 radical (unpaired) electrons. The molecule has 0 aromatic carbocycles. The van der Waals surface area contributed by atoms with Crippen LogP contribution in [-0.2, 0) is 13.0 Å². The van der Waals surface area contributed by atoms with E-state index in [0.29, 0.717) is 5.41 Å². The summed E-state index contributed by atoms with van der Waals surface area (Å²) in [5, 5.41) is 0. The Labute approximate surface area is 80.0 Å². The van der Waals surface area contributed by atoms with Gasteiger partial charge in [0.05, 0.1) is 6.33 Å². The number of aromatic nitrogens is 2. The van der Waals surface area contributed by atoms with Crippen LogP contribution in [0.3, 0.4) is 0 Å². The Morgan fingerprint density at radius 2 is 2.23 bits per heavy atom. The zero-order valence-electron chi connectivity index (χ0n) is 8.75. The van der Waals surface area contributed by atoms with E-state index in [0.717, 1.165) is 12.5 Å². The molecule has 0 fully saturated rings. The Morgan fingerprint density at radius 1 is 1.46 bits per heavy atom. The highest BCUT2D eigenvalue weighted by atomic mass is 15.1. The molecule has 0 saturated carbocycles. The third kappa shape index (κ3) is 1.62. The van der Waals surface area contributed by atoms with Crippen molar-refractivity contribution >= 4 is 0 Å². The molecule has 13 heavy (non-hydrogen) atoms. The van der Waals surface area contributed by atoms with Gasteiger partial charge in [-0.1, -0.05) is 20.8 Å². The Morgan fingerprint density at radius 3 is 2.92 bits per heavy atom. The quantitative estimate of drug-likeness (QED) is 0.597. The number of nitrogens with zero attached hydrogens (tertiary/aromatic N) is 2. The molecule has 1 atom stereocenters. The van der Waals surface area contributed by atoms with E-state index < -0.39 is 0 Å². The highest BCUT2D eigenvalue weighted by molar-refractivity contribution is 5.02. The maximum atomic E-state index is 4.18. The monoisotopic (exact) mass is 178 g/mol. The minimum atomic E-state index is 0.432. The fourth-order valence-corrected chi connectivity index (χ4v) is 2.08. The summed E-state index contributed by atoms with van der Waals surface area (Å²) in [5.74, 6) is 0.800. The van der Waals surface area contributed by atoms with Gasteiger partial charge in [-0.3, -0.25) is 0 Å². The molecule has 0 bridgehead atoms. The van der Waals surface area contributed by atoms with Gasteiger partial charge in [-0.2, -0.15) is 0 Å². The minimum absolute atomic E-state index is 0.432. The number of imidazole rings is 1. The van der Waals surface area contributed by atoms with E-state index >= 15 is 0 Å². The van der Waals surface area contributed by atoms with Crippen LogP contribution in [0.2, 0.25) is 0 Å². The first-order valence-corrected chi connectivity index (χ1v) is 5.06. The summed E-state index contributed by atoms with van der Waals surface area (Å²) in [6.07, 6.45) is 6.48. The molecule has 0 N–H and O–H groups in total. The molecule has 1 aliphatic rings. The van der Waals surface area contributed by atoms with E-state index in [1.807, 2.05) is 12.5 Å². The van der Waals surface area contributed by atoms with Crippen molar-refractivity contribution < 1.29 is 0 Å². The number of rotatable bonds is 0. The van der Waals surface area contributed by atoms with Gasteiger partial charge in [0.2, 0.25) is 0 Å². The molecule has 2 nitrogen and oxygen atoms in total. The molecule has 0 amide bonds. The highest BCUT2D eigenvalue weighted by Gasteiger charge is 2.28. The lowest BCUT2D eigenvalue weighted by Gasteiger charge is -2.34. The normalized spacial score (nSPS) is 22.8. The molecule has 1 aliphatic heterocycles. The fourth-order valence-electron chi connectivity index (χ4n) is 2.08. The van der Waals surface area contributed by atoms with Gasteiger partial charge in [-0.15, -0.1) is 0 Å². The van der Waals surface area contributed by atoms with Crippen LogP contribution in [0.15, 0.2) is 12.5 Å². The lowest BCUT2D eigenvalue weighted by atomic mass is 9.76. The van der Waals surface area contributed by atoms with E-state index in [9.17, 15) is 0 Å². The van der Waals surface area contributed by atoms with Crippen LogP contribution in [0, 0.1) is 11.3 Å². The van der Waals surface area contributed by atoms with Crippen molar-refractivity contribution in [3.8, 4) is 0 Å². The summed E-state index contributed by atoms with van der Waals surface area (Å²) in [4.78, 5) is 4.18. The van der Waals surface area contributed by atoms with Gasteiger partial charge < -0.3 is 4.57 Å². The Hall–Kier alpha value is -0.790. The molecule has 2 heteroatoms. The van der Waals surface area contributed by atoms with Gasteiger partial charge in [0.1, 0.15) is 0 Å². The van der Waals surface area contributed by atoms with E-state index in [1.165, 1.54) is 18.5 Å². The molecule has 2 heterocycles. The summed E-state index contributed by atoms with van der Waals surface area (Å²) in [5.41, 5.74) is 1.84. The van der Waals surface area contributed by atoms with Gasteiger partial charge >= 0.3 is 0 Å². The summed E-state index contributed by atoms with van der Waals surface area (Å²) >= 11 is 0. The standard InChI is InChI=1S/C11H18N2/c1-11(2,3)9-4-5-10-6-12-8-13(10)7-9/h6,8-9H,4-5,7H2,1-3H3. The topological polar surface area (TPSA) is 17.8 Å². The van der Waals surface area contributed by atoms with Crippen molar-refractivity contribution in [3.05, 3.63) is 18.2 Å². The summed E-state index contributed by atoms with van der Waals surface area (Å²) in [6, 6.07) is 0. The predicted molar refractivity (Wildman–Crippen MR) is 53.5 cm³/mol. The fraction of sp³-hybridized carbons (Fsp3) is 0.727. The van der Waals surface area contributed by atoms with Crippen LogP contribution in [0.5, 0.6) is 0 Å². The van der Waals surface area contributed by atoms with Crippen molar-refractivity contribution in [2.75, 3.05) is 0 Å². The second kappa shape index (κ2) is 2.86. The largest absolute Gasteiger partial charge is 0.334 e. The summed E-state index contributed by atoms with van der Waals surface area (Å²) in [7, 11) is 0. The van der Waals surface area contributed by atoms with Crippen molar-refractivity contribution in [1.29, 1.82) is 0 Å². The smallest absolute Gasteiger partial charge is 0.0948 e. The first kappa shape index (κ1) is 8.79. The lowest BCUT2D eigenvalue weighted by molar-refractivity contribution is 0.182. The lowest BCUT2D eigenvalue weighted by Crippen LogP contribution is -2.29. The molecule has 0 spiro atoms. The van der Waals surface area contributed by atoms with Crippen LogP contribution in [0.1, 0.15) is 32.9 Å². The summed E-state index contributed by atoms with van der Waals surface area (Å²) < 4.78 is 2.30. The molecular weight excluding hydrogens is 160 g/mol. The molecular formula is C11H18N2. The molecule has 1 unspecified atom stereocenters. The maximum absolute atomic E-state index is 4.18. The Bertz CT molecular complexity index is 293. The van der Waals surface area contributed by atoms with E-state index in [-0.39, 0.29) is 0 Å². The van der Waals surface area contributed by atoms with Gasteiger partial charge in [0.25, 0.3) is 0 Å². The number of fused-ring (bicyclic) bond motifs is 1. The van der Waals surface area contributed by atoms with Gasteiger partial charge in [-0.05, 0) is 24.2 Å². The minimum Gasteiger partial charge on any atom is -0.334 e. The third-order valence-electron chi connectivity index (χ3n) is 3.19. The van der Waals surface area contributed by atoms with Crippen LogP contribution < -0.4 is 0 Å². The van der Waals surface area contributed by atoms with Crippen molar-refractivity contribution in [2.24, 2.45) is 11.3 Å². The molecule has 2 rings (SSSR count). The predicted octanol–water partition coefficient (Wildman–Crippen LogP) is 2.49. The zero-order valence-corrected chi connectivity index (χ0v) is 8.75. The average molecular weight is 178 g/mol. The molecule has 0 saturated heterocycles. The molecule has 0 aliphatic carbocycles. The number of hydrogen-bond acceptors (Lipinski definition) is 1. The van der Waals surface area contributed by atoms with E-state index in [4.69, 9.17) is 0 Å². The number of hydrogen-bond donors (Lipinski definition) is 0. The van der Waals surface area contributed by atoms with Crippen LogP contribution in [0.25, 0.3) is 0 Å². The van der Waals surface area contributed by atoms with Gasteiger partial charge in [0.15, 0.2) is 0 Å². The van der Waals surface area contributed by atoms with Crippen molar-refractivity contribution in [3.63, 3.8) is 0 Å². The van der Waals surface area contributed by atoms with Crippen molar-refractivity contribution in [1.82, 2.24) is 9.55 Å². The second-order valence-electron chi connectivity index (χ2n) is 5.14. The highest BCUT2D eigenvalue weighted by Crippen LogP contribution is 2.34. The van der Waals surface area contributed by atoms with E-state index in [2.05, 4.69) is 30.3 Å². The zero-order chi connectivity index (χ0) is 9.47. The van der Waals surface area contributed by atoms with Crippen molar-refractivity contribution in [2.45, 2.75) is 40.2 Å². The van der Waals surface area contributed by atoms with Crippen LogP contribution in [-0.4, -0.2) is 9.55 Å². The third-order valence-corrected chi connectivity index (χ3v) is 3.19. The number of aryl methyl sites for hydroxylation is 1. The van der Waals surface area contributed by atoms with Gasteiger partial charge in [-0.25, -0.2) is 4.98 Å². The SMILES string of the molecule is CC(C)(C)C1CCc2cncn2C1. The van der Waals surface area contributed by atoms with Crippen LogP contribution >= 0.6 is 0 Å². The second-order valence-corrected chi connectivity index (χ2v) is 5.14. The summed E-state index contributed by atoms with van der Waals surface area (Å²) in [6.45, 7) is 8.15. The van der Waals surface area contributed by atoms with E-state index in [1.54, 1.807) is 0 Å². The molecule has 1 aromatic rings. The Kier molecular flexibility index (Phi) is 1.94. The average Bonchev–Trinajstić information content (AvgIpc) is 2.47. The molecule has 72 valence electrons. The Balaban J connectivity index is 2.18. The van der Waals surface area contributed by atoms with Gasteiger partial charge in [0, 0.05) is 18.4 Å².